The molecule has 0 fully saturated rings. The highest BCUT2D eigenvalue weighted by Gasteiger charge is 2.35. The van der Waals surface area contributed by atoms with Gasteiger partial charge in [-0.05, 0) is 24.6 Å². The molecule has 96 valence electrons. The molecule has 2 heterocycles. The monoisotopic (exact) mass is 273 g/mol. The van der Waals surface area contributed by atoms with Gasteiger partial charge in [-0.1, -0.05) is 0 Å². The third kappa shape index (κ3) is 2.68. The summed E-state index contributed by atoms with van der Waals surface area (Å²) in [6, 6.07) is 2.82. The first-order chi connectivity index (χ1) is 8.38. The van der Waals surface area contributed by atoms with Gasteiger partial charge in [0.2, 0.25) is 0 Å². The standard InChI is InChI=1S/C11H10F3N3S/c1-6-4-7(2-3-16-6)9(15)8-5-17-10(18-8)11(12,13)14/h2-5,9H,15H2,1H3. The van der Waals surface area contributed by atoms with Crippen LogP contribution in [0.5, 0.6) is 0 Å². The Labute approximate surface area is 105 Å². The fourth-order valence-electron chi connectivity index (χ4n) is 1.49. The molecule has 0 aromatic carbocycles. The van der Waals surface area contributed by atoms with Gasteiger partial charge in [0, 0.05) is 23.0 Å². The fourth-order valence-corrected chi connectivity index (χ4v) is 2.30. The maximum Gasteiger partial charge on any atom is 0.443 e. The third-order valence-electron chi connectivity index (χ3n) is 2.35. The number of nitrogens with zero attached hydrogens (tertiary/aromatic N) is 2. The summed E-state index contributed by atoms with van der Waals surface area (Å²) >= 11 is 0.567. The predicted molar refractivity (Wildman–Crippen MR) is 62.1 cm³/mol. The molecule has 0 radical (unpaired) electrons. The van der Waals surface area contributed by atoms with Crippen molar-refractivity contribution in [2.75, 3.05) is 0 Å². The maximum atomic E-state index is 12.4. The zero-order valence-corrected chi connectivity index (χ0v) is 10.2. The summed E-state index contributed by atoms with van der Waals surface area (Å²) < 4.78 is 37.3. The van der Waals surface area contributed by atoms with Crippen LogP contribution in [0.15, 0.2) is 24.5 Å². The second-order valence-corrected chi connectivity index (χ2v) is 4.84. The number of hydrogen-bond acceptors (Lipinski definition) is 4. The molecule has 2 aromatic rings. The molecule has 0 aliphatic carbocycles. The maximum absolute atomic E-state index is 12.4. The zero-order valence-electron chi connectivity index (χ0n) is 9.40. The van der Waals surface area contributed by atoms with E-state index in [1.807, 2.05) is 0 Å². The van der Waals surface area contributed by atoms with Gasteiger partial charge in [-0.2, -0.15) is 13.2 Å². The number of halogens is 3. The Morgan fingerprint density at radius 2 is 2.06 bits per heavy atom. The van der Waals surface area contributed by atoms with E-state index in [0.717, 1.165) is 11.3 Å². The van der Waals surface area contributed by atoms with E-state index in [4.69, 9.17) is 5.73 Å². The van der Waals surface area contributed by atoms with Crippen molar-refractivity contribution < 1.29 is 13.2 Å². The molecule has 18 heavy (non-hydrogen) atoms. The summed E-state index contributed by atoms with van der Waals surface area (Å²) in [4.78, 5) is 7.75. The first-order valence-electron chi connectivity index (χ1n) is 5.09. The van der Waals surface area contributed by atoms with Crippen molar-refractivity contribution in [2.24, 2.45) is 5.73 Å². The zero-order chi connectivity index (χ0) is 13.3. The molecular formula is C11H10F3N3S. The van der Waals surface area contributed by atoms with Gasteiger partial charge in [-0.25, -0.2) is 4.98 Å². The highest BCUT2D eigenvalue weighted by Crippen LogP contribution is 2.35. The van der Waals surface area contributed by atoms with Crippen molar-refractivity contribution in [3.8, 4) is 0 Å². The normalized spacial score (nSPS) is 13.6. The Hall–Kier alpha value is -1.47. The van der Waals surface area contributed by atoms with Crippen LogP contribution >= 0.6 is 11.3 Å². The Balaban J connectivity index is 2.29. The van der Waals surface area contributed by atoms with E-state index in [0.29, 0.717) is 16.2 Å². The van der Waals surface area contributed by atoms with Crippen LogP contribution in [-0.4, -0.2) is 9.97 Å². The second-order valence-electron chi connectivity index (χ2n) is 3.77. The highest BCUT2D eigenvalue weighted by molar-refractivity contribution is 7.11. The van der Waals surface area contributed by atoms with E-state index in [1.165, 1.54) is 6.20 Å². The number of nitrogens with two attached hydrogens (primary N) is 1. The van der Waals surface area contributed by atoms with E-state index in [9.17, 15) is 13.2 Å². The van der Waals surface area contributed by atoms with Crippen molar-refractivity contribution in [3.63, 3.8) is 0 Å². The molecule has 0 aliphatic heterocycles. The lowest BCUT2D eigenvalue weighted by atomic mass is 10.1. The lowest BCUT2D eigenvalue weighted by Gasteiger charge is -2.09. The summed E-state index contributed by atoms with van der Waals surface area (Å²) in [5.41, 5.74) is 7.41. The topological polar surface area (TPSA) is 51.8 Å². The van der Waals surface area contributed by atoms with E-state index in [1.54, 1.807) is 25.3 Å². The SMILES string of the molecule is Cc1cc(C(N)c2cnc(C(F)(F)F)s2)ccn1. The number of aromatic nitrogens is 2. The minimum Gasteiger partial charge on any atom is -0.320 e. The molecule has 0 bridgehead atoms. The first-order valence-corrected chi connectivity index (χ1v) is 5.90. The molecule has 2 rings (SSSR count). The average molecular weight is 273 g/mol. The summed E-state index contributed by atoms with van der Waals surface area (Å²) in [5.74, 6) is 0. The molecule has 0 saturated carbocycles. The number of thiazole rings is 1. The second kappa shape index (κ2) is 4.66. The molecule has 0 saturated heterocycles. The minimum absolute atomic E-state index is 0.382. The smallest absolute Gasteiger partial charge is 0.320 e. The lowest BCUT2D eigenvalue weighted by molar-refractivity contribution is -0.137. The number of aryl methyl sites for hydroxylation is 1. The Bertz CT molecular complexity index is 550. The van der Waals surface area contributed by atoms with Crippen molar-refractivity contribution in [3.05, 3.63) is 45.7 Å². The Morgan fingerprint density at radius 3 is 2.61 bits per heavy atom. The highest BCUT2D eigenvalue weighted by atomic mass is 32.1. The molecule has 2 N–H and O–H groups in total. The number of hydrogen-bond donors (Lipinski definition) is 1. The van der Waals surface area contributed by atoms with Gasteiger partial charge in [0.15, 0.2) is 5.01 Å². The molecule has 0 amide bonds. The fraction of sp³-hybridized carbons (Fsp3) is 0.273. The van der Waals surface area contributed by atoms with Gasteiger partial charge in [0.05, 0.1) is 6.04 Å². The van der Waals surface area contributed by atoms with Gasteiger partial charge in [-0.15, -0.1) is 11.3 Å². The molecule has 0 spiro atoms. The molecule has 1 unspecified atom stereocenters. The van der Waals surface area contributed by atoms with Crippen molar-refractivity contribution in [2.45, 2.75) is 19.1 Å². The summed E-state index contributed by atoms with van der Waals surface area (Å²) in [5, 5.41) is -0.876. The van der Waals surface area contributed by atoms with Crippen molar-refractivity contribution >= 4 is 11.3 Å². The summed E-state index contributed by atoms with van der Waals surface area (Å²) in [7, 11) is 0. The molecular weight excluding hydrogens is 263 g/mol. The quantitative estimate of drug-likeness (QED) is 0.915. The van der Waals surface area contributed by atoms with Crippen LogP contribution in [-0.2, 0) is 6.18 Å². The van der Waals surface area contributed by atoms with Gasteiger partial charge in [0.25, 0.3) is 0 Å². The number of pyridine rings is 1. The predicted octanol–water partition coefficient (Wildman–Crippen LogP) is 2.91. The molecule has 0 aliphatic rings. The van der Waals surface area contributed by atoms with E-state index < -0.39 is 17.2 Å². The molecule has 3 nitrogen and oxygen atoms in total. The van der Waals surface area contributed by atoms with Crippen molar-refractivity contribution in [1.82, 2.24) is 9.97 Å². The van der Waals surface area contributed by atoms with Gasteiger partial charge in [-0.3, -0.25) is 4.98 Å². The van der Waals surface area contributed by atoms with Crippen LogP contribution in [0.4, 0.5) is 13.2 Å². The van der Waals surface area contributed by atoms with Crippen LogP contribution in [0.3, 0.4) is 0 Å². The van der Waals surface area contributed by atoms with Gasteiger partial charge >= 0.3 is 6.18 Å². The summed E-state index contributed by atoms with van der Waals surface area (Å²) in [6.07, 6.45) is -1.67. The van der Waals surface area contributed by atoms with Gasteiger partial charge in [0.1, 0.15) is 0 Å². The van der Waals surface area contributed by atoms with Crippen LogP contribution < -0.4 is 5.73 Å². The Morgan fingerprint density at radius 1 is 1.33 bits per heavy atom. The first kappa shape index (κ1) is 13.0. The van der Waals surface area contributed by atoms with E-state index in [2.05, 4.69) is 9.97 Å². The molecule has 7 heteroatoms. The summed E-state index contributed by atoms with van der Waals surface area (Å²) in [6.45, 7) is 1.80. The molecule has 2 aromatic heterocycles. The number of alkyl halides is 3. The van der Waals surface area contributed by atoms with Crippen molar-refractivity contribution in [1.29, 1.82) is 0 Å². The third-order valence-corrected chi connectivity index (χ3v) is 3.48. The molecule has 1 atom stereocenters. The van der Waals surface area contributed by atoms with E-state index in [-0.39, 0.29) is 0 Å². The van der Waals surface area contributed by atoms with E-state index >= 15 is 0 Å². The van der Waals surface area contributed by atoms with Gasteiger partial charge < -0.3 is 5.73 Å². The van der Waals surface area contributed by atoms with Crippen LogP contribution in [0.25, 0.3) is 0 Å². The Kier molecular flexibility index (Phi) is 3.36. The van der Waals surface area contributed by atoms with Crippen LogP contribution in [0.2, 0.25) is 0 Å². The number of rotatable bonds is 2. The minimum atomic E-state index is -4.42. The van der Waals surface area contributed by atoms with Crippen LogP contribution in [0, 0.1) is 6.92 Å². The largest absolute Gasteiger partial charge is 0.443 e. The van der Waals surface area contributed by atoms with Crippen LogP contribution in [0.1, 0.15) is 27.2 Å². The lowest BCUT2D eigenvalue weighted by Crippen LogP contribution is -2.10. The average Bonchev–Trinajstić information content (AvgIpc) is 2.77.